The minimum atomic E-state index is -1.59. The maximum atomic E-state index is 12.7. The summed E-state index contributed by atoms with van der Waals surface area (Å²) in [5.41, 5.74) is -2.85. The fourth-order valence-corrected chi connectivity index (χ4v) is 6.46. The van der Waals surface area contributed by atoms with Crippen LogP contribution in [0.5, 0.6) is 0 Å². The van der Waals surface area contributed by atoms with Gasteiger partial charge >= 0.3 is 0 Å². The van der Waals surface area contributed by atoms with Crippen LogP contribution in [0, 0.1) is 10.8 Å². The number of hydrogen-bond donors (Lipinski definition) is 6. The molecule has 3 saturated heterocycles. The van der Waals surface area contributed by atoms with E-state index in [1.165, 1.54) is 0 Å². The van der Waals surface area contributed by atoms with Crippen LogP contribution in [0.15, 0.2) is 11.6 Å². The SMILES string of the molecule is CC1=CC2OC3C(OC4OC(CO)C(O)C(O)C4O)C[C@](C)([C@@]2(CO)C(O)C1=O)[C@]31CO1. The molecule has 3 aliphatic heterocycles. The van der Waals surface area contributed by atoms with Crippen LogP contribution in [-0.4, -0.2) is 117 Å². The van der Waals surface area contributed by atoms with Gasteiger partial charge in [0.05, 0.1) is 37.4 Å². The van der Waals surface area contributed by atoms with Crippen LogP contribution in [-0.2, 0) is 23.7 Å². The molecule has 11 nitrogen and oxygen atoms in total. The molecule has 6 N–H and O–H groups in total. The Kier molecular flexibility index (Phi) is 5.16. The molecule has 9 unspecified atom stereocenters. The van der Waals surface area contributed by atoms with Crippen LogP contribution < -0.4 is 0 Å². The molecule has 4 fully saturated rings. The molecule has 0 amide bonds. The Morgan fingerprint density at radius 2 is 1.81 bits per heavy atom. The van der Waals surface area contributed by atoms with E-state index in [9.17, 15) is 35.4 Å². The van der Waals surface area contributed by atoms with Crippen molar-refractivity contribution < 1.29 is 54.4 Å². The second-order valence-corrected chi connectivity index (χ2v) is 9.88. The van der Waals surface area contributed by atoms with Gasteiger partial charge in [-0.2, -0.15) is 0 Å². The molecule has 11 heteroatoms. The summed E-state index contributed by atoms with van der Waals surface area (Å²) in [6.45, 7) is 2.59. The van der Waals surface area contributed by atoms with E-state index in [1.54, 1.807) is 13.0 Å². The fraction of sp³-hybridized carbons (Fsp3) is 0.857. The number of fused-ring (bicyclic) bond motifs is 2. The second-order valence-electron chi connectivity index (χ2n) is 9.88. The summed E-state index contributed by atoms with van der Waals surface area (Å²) in [4.78, 5) is 12.7. The van der Waals surface area contributed by atoms with Crippen molar-refractivity contribution in [2.75, 3.05) is 19.8 Å². The molecule has 0 aromatic carbocycles. The predicted octanol–water partition coefficient (Wildman–Crippen LogP) is -3.01. The maximum Gasteiger partial charge on any atom is 0.187 e. The van der Waals surface area contributed by atoms with Crippen LogP contribution in [0.2, 0.25) is 0 Å². The fourth-order valence-electron chi connectivity index (χ4n) is 6.46. The molecule has 0 aromatic rings. The number of aliphatic hydroxyl groups excluding tert-OH is 6. The summed E-state index contributed by atoms with van der Waals surface area (Å²) in [6.07, 6.45) is -9.03. The van der Waals surface area contributed by atoms with Gasteiger partial charge in [0.2, 0.25) is 0 Å². The van der Waals surface area contributed by atoms with Crippen molar-refractivity contribution in [3.8, 4) is 0 Å². The van der Waals surface area contributed by atoms with Gasteiger partial charge in [-0.25, -0.2) is 0 Å². The number of carbonyl (C=O) groups is 1. The number of rotatable bonds is 4. The van der Waals surface area contributed by atoms with Crippen LogP contribution in [0.4, 0.5) is 0 Å². The predicted molar refractivity (Wildman–Crippen MR) is 103 cm³/mol. The lowest BCUT2D eigenvalue weighted by atomic mass is 9.50. The number of aliphatic hydroxyl groups is 6. The molecule has 1 spiro atoms. The highest BCUT2D eigenvalue weighted by Crippen LogP contribution is 2.71. The summed E-state index contributed by atoms with van der Waals surface area (Å²) in [7, 11) is 0. The number of epoxide rings is 1. The van der Waals surface area contributed by atoms with Crippen molar-refractivity contribution in [1.29, 1.82) is 0 Å². The third-order valence-electron chi connectivity index (χ3n) is 8.57. The summed E-state index contributed by atoms with van der Waals surface area (Å²) in [6, 6.07) is 0. The first-order valence-electron chi connectivity index (χ1n) is 10.8. The quantitative estimate of drug-likeness (QED) is 0.236. The van der Waals surface area contributed by atoms with Crippen molar-refractivity contribution in [1.82, 2.24) is 0 Å². The molecule has 1 saturated carbocycles. The Balaban J connectivity index is 1.49. The van der Waals surface area contributed by atoms with Gasteiger partial charge in [-0.15, -0.1) is 0 Å². The average molecular weight is 458 g/mol. The number of Topliss-reactive ketones (excluding diaryl/α,β-unsaturated/α-hetero) is 1. The summed E-state index contributed by atoms with van der Waals surface area (Å²) in [5.74, 6) is -0.479. The Morgan fingerprint density at radius 1 is 1.12 bits per heavy atom. The largest absolute Gasteiger partial charge is 0.396 e. The number of ketones is 1. The molecular formula is C21H30O11. The van der Waals surface area contributed by atoms with E-state index >= 15 is 0 Å². The first-order valence-corrected chi connectivity index (χ1v) is 10.8. The van der Waals surface area contributed by atoms with E-state index in [2.05, 4.69) is 0 Å². The maximum absolute atomic E-state index is 12.7. The van der Waals surface area contributed by atoms with Gasteiger partial charge in [0.25, 0.3) is 0 Å². The molecule has 180 valence electrons. The summed E-state index contributed by atoms with van der Waals surface area (Å²) >= 11 is 0. The molecule has 2 aliphatic carbocycles. The Bertz CT molecular complexity index is 825. The van der Waals surface area contributed by atoms with Gasteiger partial charge < -0.3 is 49.6 Å². The van der Waals surface area contributed by atoms with Crippen molar-refractivity contribution in [3.63, 3.8) is 0 Å². The lowest BCUT2D eigenvalue weighted by molar-refractivity contribution is -0.318. The van der Waals surface area contributed by atoms with Gasteiger partial charge in [-0.05, 0) is 25.0 Å². The van der Waals surface area contributed by atoms with Gasteiger partial charge in [-0.3, -0.25) is 4.79 Å². The third kappa shape index (κ3) is 2.58. The van der Waals surface area contributed by atoms with Crippen LogP contribution in [0.1, 0.15) is 20.3 Å². The smallest absolute Gasteiger partial charge is 0.187 e. The normalized spacial score (nSPS) is 56.8. The lowest BCUT2D eigenvalue weighted by Crippen LogP contribution is -2.70. The van der Waals surface area contributed by atoms with Crippen LogP contribution in [0.3, 0.4) is 0 Å². The van der Waals surface area contributed by atoms with Crippen molar-refractivity contribution in [2.24, 2.45) is 10.8 Å². The van der Waals surface area contributed by atoms with Gasteiger partial charge in [0.1, 0.15) is 42.2 Å². The molecule has 5 aliphatic rings. The van der Waals surface area contributed by atoms with E-state index in [-0.39, 0.29) is 13.0 Å². The van der Waals surface area contributed by atoms with E-state index in [4.69, 9.17) is 18.9 Å². The van der Waals surface area contributed by atoms with Crippen molar-refractivity contribution >= 4 is 5.78 Å². The van der Waals surface area contributed by atoms with Gasteiger partial charge in [-0.1, -0.05) is 6.92 Å². The van der Waals surface area contributed by atoms with Crippen molar-refractivity contribution in [2.45, 2.75) is 81.0 Å². The zero-order valence-electron chi connectivity index (χ0n) is 17.8. The lowest BCUT2D eigenvalue weighted by Gasteiger charge is -2.58. The zero-order valence-corrected chi connectivity index (χ0v) is 17.8. The van der Waals surface area contributed by atoms with E-state index in [0.717, 1.165) is 0 Å². The zero-order chi connectivity index (χ0) is 23.2. The van der Waals surface area contributed by atoms with Crippen LogP contribution in [0.25, 0.3) is 0 Å². The standard InChI is InChI=1S/C21H30O11/c1-8-3-11-20(6-23,16(28)12(8)24)19(2)4-9(17(32-11)21(19)7-29-21)30-18-15(27)14(26)13(25)10(5-22)31-18/h3,9-11,13-18,22-23,25-28H,4-7H2,1-2H3/t9?,10?,11?,13?,14?,15?,16?,17?,18?,19-,20-,21+/m1/s1. The number of hydrogen-bond acceptors (Lipinski definition) is 11. The third-order valence-corrected chi connectivity index (χ3v) is 8.57. The Labute approximate surface area is 184 Å². The van der Waals surface area contributed by atoms with E-state index < -0.39 is 90.5 Å². The second kappa shape index (κ2) is 7.25. The molecule has 2 bridgehead atoms. The van der Waals surface area contributed by atoms with Crippen molar-refractivity contribution in [3.05, 3.63) is 11.6 Å². The van der Waals surface area contributed by atoms with Gasteiger partial charge in [0.15, 0.2) is 12.1 Å². The van der Waals surface area contributed by atoms with Gasteiger partial charge in [0, 0.05) is 5.41 Å². The first kappa shape index (κ1) is 22.8. The average Bonchev–Trinajstić information content (AvgIpc) is 3.54. The van der Waals surface area contributed by atoms with E-state index in [1.807, 2.05) is 6.92 Å². The van der Waals surface area contributed by atoms with E-state index in [0.29, 0.717) is 5.57 Å². The minimum absolute atomic E-state index is 0.209. The molecule has 12 atom stereocenters. The molecular weight excluding hydrogens is 428 g/mol. The molecule has 0 aromatic heterocycles. The van der Waals surface area contributed by atoms with Crippen LogP contribution >= 0.6 is 0 Å². The Hall–Kier alpha value is -0.990. The highest BCUT2D eigenvalue weighted by atomic mass is 16.7. The molecule has 3 heterocycles. The molecule has 0 radical (unpaired) electrons. The topological polar surface area (TPSA) is 179 Å². The molecule has 32 heavy (non-hydrogen) atoms. The monoisotopic (exact) mass is 458 g/mol. The number of carbonyl (C=O) groups excluding carboxylic acids is 1. The number of ether oxygens (including phenoxy) is 4. The highest BCUT2D eigenvalue weighted by Gasteiger charge is 2.83. The minimum Gasteiger partial charge on any atom is -0.396 e. The molecule has 5 rings (SSSR count). The summed E-state index contributed by atoms with van der Waals surface area (Å²) < 4.78 is 23.7. The Morgan fingerprint density at radius 3 is 2.41 bits per heavy atom. The highest BCUT2D eigenvalue weighted by molar-refractivity contribution is 6.00. The summed E-state index contributed by atoms with van der Waals surface area (Å²) in [5, 5.41) is 61.5. The first-order chi connectivity index (χ1) is 15.1.